The van der Waals surface area contributed by atoms with Gasteiger partial charge in [-0.3, -0.25) is 10.4 Å². The van der Waals surface area contributed by atoms with Gasteiger partial charge in [0.1, 0.15) is 12.0 Å². The van der Waals surface area contributed by atoms with Gasteiger partial charge < -0.3 is 5.73 Å². The minimum Gasteiger partial charge on any atom is -0.393 e. The van der Waals surface area contributed by atoms with Crippen LogP contribution in [0.4, 0.5) is 22.9 Å². The summed E-state index contributed by atoms with van der Waals surface area (Å²) < 4.78 is 1.73. The van der Waals surface area contributed by atoms with Gasteiger partial charge in [-0.1, -0.05) is 36.4 Å². The van der Waals surface area contributed by atoms with Crippen LogP contribution in [0.1, 0.15) is 11.4 Å². The van der Waals surface area contributed by atoms with Gasteiger partial charge in [-0.2, -0.15) is 5.10 Å². The number of hydrazine groups is 1. The molecule has 4 aromatic rings. The fraction of sp³-hybridized carbons (Fsp3) is 0.0952. The van der Waals surface area contributed by atoms with Gasteiger partial charge in [-0.25, -0.2) is 14.6 Å². The standard InChI is InChI=1S/C21H21N7/c1-15-13-16(2)27(25-15)21-19(22)20(23-14-24-21)26-28(17-9-5-3-6-10-17)18-11-7-4-8-12-18/h3-14H,22H2,1-2H3,(H,23,24,26). The minimum atomic E-state index is 0.422. The molecule has 2 heterocycles. The number of nitrogen functional groups attached to an aromatic ring is 1. The summed E-state index contributed by atoms with van der Waals surface area (Å²) in [6.07, 6.45) is 1.48. The number of aromatic nitrogens is 4. The predicted molar refractivity (Wildman–Crippen MR) is 112 cm³/mol. The van der Waals surface area contributed by atoms with E-state index < -0.39 is 0 Å². The van der Waals surface area contributed by atoms with E-state index in [1.54, 1.807) is 4.68 Å². The molecule has 3 N–H and O–H groups in total. The van der Waals surface area contributed by atoms with Crippen molar-refractivity contribution in [2.75, 3.05) is 16.2 Å². The van der Waals surface area contributed by atoms with Crippen LogP contribution in [0, 0.1) is 13.8 Å². The lowest BCUT2D eigenvalue weighted by Crippen LogP contribution is -2.26. The smallest absolute Gasteiger partial charge is 0.182 e. The third-order valence-electron chi connectivity index (χ3n) is 4.32. The summed E-state index contributed by atoms with van der Waals surface area (Å²) >= 11 is 0. The van der Waals surface area contributed by atoms with Crippen molar-refractivity contribution in [3.63, 3.8) is 0 Å². The third kappa shape index (κ3) is 3.37. The first-order chi connectivity index (χ1) is 13.6. The zero-order chi connectivity index (χ0) is 19.5. The first-order valence-electron chi connectivity index (χ1n) is 8.94. The number of nitrogens with zero attached hydrogens (tertiary/aromatic N) is 5. The van der Waals surface area contributed by atoms with Crippen LogP contribution >= 0.6 is 0 Å². The second-order valence-electron chi connectivity index (χ2n) is 6.42. The lowest BCUT2D eigenvalue weighted by molar-refractivity contribution is 0.803. The van der Waals surface area contributed by atoms with E-state index in [0.29, 0.717) is 17.3 Å². The zero-order valence-electron chi connectivity index (χ0n) is 15.7. The Morgan fingerprint density at radius 3 is 2.04 bits per heavy atom. The van der Waals surface area contributed by atoms with Crippen molar-refractivity contribution < 1.29 is 0 Å². The van der Waals surface area contributed by atoms with E-state index >= 15 is 0 Å². The van der Waals surface area contributed by atoms with Gasteiger partial charge in [0.05, 0.1) is 17.1 Å². The quantitative estimate of drug-likeness (QED) is 0.515. The van der Waals surface area contributed by atoms with Crippen LogP contribution in [0.2, 0.25) is 0 Å². The molecule has 4 rings (SSSR count). The maximum absolute atomic E-state index is 6.42. The maximum Gasteiger partial charge on any atom is 0.182 e. The summed E-state index contributed by atoms with van der Waals surface area (Å²) in [4.78, 5) is 8.70. The molecule has 0 bridgehead atoms. The van der Waals surface area contributed by atoms with Gasteiger partial charge in [-0.05, 0) is 44.2 Å². The van der Waals surface area contributed by atoms with Crippen LogP contribution in [0.15, 0.2) is 73.1 Å². The molecule has 0 spiro atoms. The molecule has 0 amide bonds. The van der Waals surface area contributed by atoms with Gasteiger partial charge in [0.15, 0.2) is 11.6 Å². The molecule has 0 aliphatic rings. The Labute approximate surface area is 163 Å². The van der Waals surface area contributed by atoms with E-state index in [2.05, 4.69) is 20.5 Å². The fourth-order valence-corrected chi connectivity index (χ4v) is 3.03. The Morgan fingerprint density at radius 1 is 0.893 bits per heavy atom. The number of para-hydroxylation sites is 2. The molecule has 0 aliphatic carbocycles. The average Bonchev–Trinajstić information content (AvgIpc) is 3.06. The molecular formula is C21H21N7. The fourth-order valence-electron chi connectivity index (χ4n) is 3.03. The number of nitrogens with two attached hydrogens (primary N) is 1. The van der Waals surface area contributed by atoms with Crippen LogP contribution in [0.25, 0.3) is 5.82 Å². The summed E-state index contributed by atoms with van der Waals surface area (Å²) in [5.41, 5.74) is 14.0. The summed E-state index contributed by atoms with van der Waals surface area (Å²) in [7, 11) is 0. The number of hydrogen-bond donors (Lipinski definition) is 2. The zero-order valence-corrected chi connectivity index (χ0v) is 15.7. The molecule has 0 saturated carbocycles. The molecule has 140 valence electrons. The molecule has 0 radical (unpaired) electrons. The van der Waals surface area contributed by atoms with E-state index in [0.717, 1.165) is 22.8 Å². The monoisotopic (exact) mass is 371 g/mol. The molecular weight excluding hydrogens is 350 g/mol. The maximum atomic E-state index is 6.42. The predicted octanol–water partition coefficient (Wildman–Crippen LogP) is 4.03. The summed E-state index contributed by atoms with van der Waals surface area (Å²) in [5.74, 6) is 1.05. The van der Waals surface area contributed by atoms with Gasteiger partial charge >= 0.3 is 0 Å². The number of hydrogen-bond acceptors (Lipinski definition) is 6. The Hall–Kier alpha value is -3.87. The first-order valence-corrected chi connectivity index (χ1v) is 8.94. The average molecular weight is 371 g/mol. The van der Waals surface area contributed by atoms with Gasteiger partial charge in [-0.15, -0.1) is 0 Å². The molecule has 0 atom stereocenters. The SMILES string of the molecule is Cc1cc(C)n(-c2ncnc(NN(c3ccccc3)c3ccccc3)c2N)n1. The lowest BCUT2D eigenvalue weighted by Gasteiger charge is -2.26. The Balaban J connectivity index is 1.76. The molecule has 2 aromatic carbocycles. The number of anilines is 4. The van der Waals surface area contributed by atoms with Crippen molar-refractivity contribution in [1.29, 1.82) is 0 Å². The highest BCUT2D eigenvalue weighted by Gasteiger charge is 2.16. The highest BCUT2D eigenvalue weighted by Crippen LogP contribution is 2.29. The van der Waals surface area contributed by atoms with Crippen LogP contribution < -0.4 is 16.2 Å². The molecule has 28 heavy (non-hydrogen) atoms. The second kappa shape index (κ2) is 7.40. The highest BCUT2D eigenvalue weighted by atomic mass is 15.5. The van der Waals surface area contributed by atoms with E-state index in [-0.39, 0.29) is 0 Å². The van der Waals surface area contributed by atoms with Crippen molar-refractivity contribution in [3.05, 3.63) is 84.4 Å². The topological polar surface area (TPSA) is 84.9 Å². The number of nitrogens with one attached hydrogen (secondary N) is 1. The van der Waals surface area contributed by atoms with Crippen LogP contribution in [0.5, 0.6) is 0 Å². The largest absolute Gasteiger partial charge is 0.393 e. The van der Waals surface area contributed by atoms with Crippen molar-refractivity contribution in [2.24, 2.45) is 0 Å². The van der Waals surface area contributed by atoms with E-state index in [1.807, 2.05) is 85.6 Å². The Morgan fingerprint density at radius 2 is 1.50 bits per heavy atom. The first kappa shape index (κ1) is 17.5. The Kier molecular flexibility index (Phi) is 4.63. The molecule has 0 aliphatic heterocycles. The summed E-state index contributed by atoms with van der Waals surface area (Å²) in [6, 6.07) is 21.9. The van der Waals surface area contributed by atoms with E-state index in [4.69, 9.17) is 5.73 Å². The molecule has 0 unspecified atom stereocenters. The van der Waals surface area contributed by atoms with Crippen molar-refractivity contribution in [2.45, 2.75) is 13.8 Å². The lowest BCUT2D eigenvalue weighted by atomic mass is 10.2. The minimum absolute atomic E-state index is 0.422. The molecule has 0 fully saturated rings. The third-order valence-corrected chi connectivity index (χ3v) is 4.32. The van der Waals surface area contributed by atoms with Crippen molar-refractivity contribution in [3.8, 4) is 5.82 Å². The van der Waals surface area contributed by atoms with Crippen molar-refractivity contribution >= 4 is 22.9 Å². The molecule has 0 saturated heterocycles. The van der Waals surface area contributed by atoms with Gasteiger partial charge in [0, 0.05) is 5.69 Å². The van der Waals surface area contributed by atoms with Gasteiger partial charge in [0.2, 0.25) is 0 Å². The van der Waals surface area contributed by atoms with Crippen LogP contribution in [0.3, 0.4) is 0 Å². The van der Waals surface area contributed by atoms with Crippen LogP contribution in [-0.2, 0) is 0 Å². The summed E-state index contributed by atoms with van der Waals surface area (Å²) in [5, 5.41) is 6.42. The van der Waals surface area contributed by atoms with Crippen LogP contribution in [-0.4, -0.2) is 19.7 Å². The van der Waals surface area contributed by atoms with E-state index in [9.17, 15) is 0 Å². The molecule has 7 nitrogen and oxygen atoms in total. The van der Waals surface area contributed by atoms with Gasteiger partial charge in [0.25, 0.3) is 0 Å². The van der Waals surface area contributed by atoms with Crippen molar-refractivity contribution in [1.82, 2.24) is 19.7 Å². The normalized spacial score (nSPS) is 10.6. The summed E-state index contributed by atoms with van der Waals surface area (Å²) in [6.45, 7) is 3.90. The molecule has 7 heteroatoms. The second-order valence-corrected chi connectivity index (χ2v) is 6.42. The molecule has 2 aromatic heterocycles. The number of rotatable bonds is 5. The number of aryl methyl sites for hydroxylation is 2. The highest BCUT2D eigenvalue weighted by molar-refractivity contribution is 5.75. The number of benzene rings is 2. The van der Waals surface area contributed by atoms with E-state index in [1.165, 1.54) is 6.33 Å². The Bertz CT molecular complexity index is 1040.